The monoisotopic (exact) mass is 316 g/mol. The molecule has 1 heterocycles. The number of halogens is 3. The van der Waals surface area contributed by atoms with E-state index in [4.69, 9.17) is 4.74 Å². The Kier molecular flexibility index (Phi) is 4.15. The van der Waals surface area contributed by atoms with Gasteiger partial charge in [0, 0.05) is 17.7 Å². The van der Waals surface area contributed by atoms with Gasteiger partial charge in [0.05, 0.1) is 7.11 Å². The lowest BCUT2D eigenvalue weighted by molar-refractivity contribution is -0.297. The summed E-state index contributed by atoms with van der Waals surface area (Å²) in [6, 6.07) is 5.52. The molecule has 8 heteroatoms. The first-order chi connectivity index (χ1) is 10.2. The van der Waals surface area contributed by atoms with Gasteiger partial charge in [-0.05, 0) is 30.7 Å². The normalized spacial score (nSPS) is 21.7. The van der Waals surface area contributed by atoms with Crippen LogP contribution in [-0.4, -0.2) is 40.7 Å². The summed E-state index contributed by atoms with van der Waals surface area (Å²) in [5, 5.41) is 13.7. The molecule has 0 aliphatic carbocycles. The van der Waals surface area contributed by atoms with Crippen molar-refractivity contribution in [3.8, 4) is 5.75 Å². The minimum absolute atomic E-state index is 0.0235. The van der Waals surface area contributed by atoms with Crippen molar-refractivity contribution in [2.24, 2.45) is 5.10 Å². The van der Waals surface area contributed by atoms with Crippen LogP contribution in [0.3, 0.4) is 0 Å². The molecule has 2 rings (SSSR count). The maximum absolute atomic E-state index is 13.2. The Bertz CT molecular complexity index is 598. The van der Waals surface area contributed by atoms with Gasteiger partial charge in [-0.2, -0.15) is 23.3 Å². The standard InChI is InChI=1S/C14H15F3N2O3/c1-3-10-8-13(21,14(15,16)17)19(18-10)12(20)9-4-6-11(22-2)7-5-9/h4-7,21H,3,8H2,1-2H3. The molecule has 5 nitrogen and oxygen atoms in total. The van der Waals surface area contributed by atoms with Gasteiger partial charge in [0.15, 0.2) is 0 Å². The molecule has 1 aromatic carbocycles. The molecule has 0 saturated carbocycles. The summed E-state index contributed by atoms with van der Waals surface area (Å²) in [5.74, 6) is -0.562. The van der Waals surface area contributed by atoms with Crippen LogP contribution >= 0.6 is 0 Å². The lowest BCUT2D eigenvalue weighted by atomic mass is 10.0. The van der Waals surface area contributed by atoms with Crippen LogP contribution in [0.25, 0.3) is 0 Å². The predicted octanol–water partition coefficient (Wildman–Crippen LogP) is 2.56. The first kappa shape index (κ1) is 16.3. The van der Waals surface area contributed by atoms with E-state index in [-0.39, 0.29) is 22.7 Å². The summed E-state index contributed by atoms with van der Waals surface area (Å²) in [7, 11) is 1.43. The second kappa shape index (κ2) is 5.60. The van der Waals surface area contributed by atoms with Gasteiger partial charge in [-0.25, -0.2) is 0 Å². The van der Waals surface area contributed by atoms with Crippen molar-refractivity contribution < 1.29 is 27.8 Å². The third kappa shape index (κ3) is 2.66. The van der Waals surface area contributed by atoms with Crippen molar-refractivity contribution in [3.05, 3.63) is 29.8 Å². The molecule has 1 N–H and O–H groups in total. The number of rotatable bonds is 3. The van der Waals surface area contributed by atoms with Crippen LogP contribution in [0.5, 0.6) is 5.75 Å². The van der Waals surface area contributed by atoms with Gasteiger partial charge in [0.1, 0.15) is 5.75 Å². The number of hydrazone groups is 1. The molecule has 1 aromatic rings. The van der Waals surface area contributed by atoms with E-state index in [1.54, 1.807) is 6.92 Å². The topological polar surface area (TPSA) is 62.1 Å². The third-order valence-electron chi connectivity index (χ3n) is 3.43. The number of aliphatic hydroxyl groups is 1. The molecule has 0 bridgehead atoms. The Labute approximate surface area is 125 Å². The summed E-state index contributed by atoms with van der Waals surface area (Å²) in [4.78, 5) is 12.3. The van der Waals surface area contributed by atoms with Gasteiger partial charge < -0.3 is 9.84 Å². The maximum Gasteiger partial charge on any atom is 0.438 e. The van der Waals surface area contributed by atoms with E-state index >= 15 is 0 Å². The Hall–Kier alpha value is -2.09. The molecular weight excluding hydrogens is 301 g/mol. The quantitative estimate of drug-likeness (QED) is 0.932. The van der Waals surface area contributed by atoms with Gasteiger partial charge >= 0.3 is 6.18 Å². The fourth-order valence-electron chi connectivity index (χ4n) is 2.10. The minimum atomic E-state index is -5.00. The molecule has 1 aliphatic heterocycles. The van der Waals surface area contributed by atoms with Crippen LogP contribution < -0.4 is 4.74 Å². The number of amides is 1. The average molecular weight is 316 g/mol. The molecule has 0 aromatic heterocycles. The smallest absolute Gasteiger partial charge is 0.438 e. The number of methoxy groups -OCH3 is 1. The molecule has 0 radical (unpaired) electrons. The number of alkyl halides is 3. The highest BCUT2D eigenvalue weighted by Crippen LogP contribution is 2.41. The highest BCUT2D eigenvalue weighted by atomic mass is 19.4. The molecule has 1 amide bonds. The molecule has 1 aliphatic rings. The van der Waals surface area contributed by atoms with Gasteiger partial charge in [0.2, 0.25) is 0 Å². The molecule has 0 spiro atoms. The maximum atomic E-state index is 13.2. The van der Waals surface area contributed by atoms with Crippen LogP contribution in [0, 0.1) is 0 Å². The molecule has 1 unspecified atom stereocenters. The van der Waals surface area contributed by atoms with Gasteiger partial charge in [-0.1, -0.05) is 6.92 Å². The van der Waals surface area contributed by atoms with Crippen LogP contribution in [0.2, 0.25) is 0 Å². The number of hydrogen-bond acceptors (Lipinski definition) is 4. The SMILES string of the molecule is CCC1=NN(C(=O)c2ccc(OC)cc2)C(O)(C(F)(F)F)C1. The Balaban J connectivity index is 2.37. The van der Waals surface area contributed by atoms with E-state index in [1.165, 1.54) is 31.4 Å². The minimum Gasteiger partial charge on any atom is -0.497 e. The van der Waals surface area contributed by atoms with Crippen LogP contribution in [0.4, 0.5) is 13.2 Å². The van der Waals surface area contributed by atoms with Gasteiger partial charge in [-0.15, -0.1) is 0 Å². The van der Waals surface area contributed by atoms with E-state index in [9.17, 15) is 23.1 Å². The van der Waals surface area contributed by atoms with Crippen LogP contribution in [0.15, 0.2) is 29.4 Å². The number of carbonyl (C=O) groups excluding carboxylic acids is 1. The number of hydrogen-bond donors (Lipinski definition) is 1. The fourth-order valence-corrected chi connectivity index (χ4v) is 2.10. The van der Waals surface area contributed by atoms with Crippen LogP contribution in [-0.2, 0) is 0 Å². The highest BCUT2D eigenvalue weighted by molar-refractivity contribution is 5.98. The Morgan fingerprint density at radius 3 is 2.45 bits per heavy atom. The van der Waals surface area contributed by atoms with Gasteiger partial charge in [0.25, 0.3) is 11.6 Å². The summed E-state index contributed by atoms with van der Waals surface area (Å²) in [6.07, 6.45) is -5.53. The van der Waals surface area contributed by atoms with Crippen molar-refractivity contribution >= 4 is 11.6 Å². The number of benzene rings is 1. The number of carbonyl (C=O) groups is 1. The van der Waals surface area contributed by atoms with Crippen LogP contribution in [0.1, 0.15) is 30.1 Å². The Morgan fingerprint density at radius 2 is 2.00 bits per heavy atom. The van der Waals surface area contributed by atoms with E-state index in [2.05, 4.69) is 5.10 Å². The van der Waals surface area contributed by atoms with E-state index < -0.39 is 24.2 Å². The third-order valence-corrected chi connectivity index (χ3v) is 3.43. The zero-order chi connectivity index (χ0) is 16.5. The number of nitrogens with zero attached hydrogens (tertiary/aromatic N) is 2. The second-order valence-electron chi connectivity index (χ2n) is 4.86. The molecular formula is C14H15F3N2O3. The molecule has 22 heavy (non-hydrogen) atoms. The van der Waals surface area contributed by atoms with E-state index in [0.29, 0.717) is 5.75 Å². The summed E-state index contributed by atoms with van der Waals surface area (Å²) in [5.41, 5.74) is -3.22. The largest absolute Gasteiger partial charge is 0.497 e. The first-order valence-electron chi connectivity index (χ1n) is 6.57. The van der Waals surface area contributed by atoms with E-state index in [0.717, 1.165) is 0 Å². The predicted molar refractivity (Wildman–Crippen MR) is 72.5 cm³/mol. The van der Waals surface area contributed by atoms with Gasteiger partial charge in [-0.3, -0.25) is 4.79 Å². The second-order valence-corrected chi connectivity index (χ2v) is 4.86. The van der Waals surface area contributed by atoms with Crippen molar-refractivity contribution in [2.75, 3.05) is 7.11 Å². The molecule has 1 atom stereocenters. The van der Waals surface area contributed by atoms with E-state index in [1.807, 2.05) is 0 Å². The Morgan fingerprint density at radius 1 is 1.41 bits per heavy atom. The van der Waals surface area contributed by atoms with Crippen molar-refractivity contribution in [3.63, 3.8) is 0 Å². The summed E-state index contributed by atoms with van der Waals surface area (Å²) in [6.45, 7) is 1.61. The highest BCUT2D eigenvalue weighted by Gasteiger charge is 2.63. The zero-order valence-electron chi connectivity index (χ0n) is 12.0. The fraction of sp³-hybridized carbons (Fsp3) is 0.429. The van der Waals surface area contributed by atoms with Crippen molar-refractivity contribution in [2.45, 2.75) is 31.7 Å². The molecule has 0 saturated heterocycles. The molecule has 0 fully saturated rings. The molecule has 120 valence electrons. The average Bonchev–Trinajstić information content (AvgIpc) is 2.85. The summed E-state index contributed by atoms with van der Waals surface area (Å²) >= 11 is 0. The number of ether oxygens (including phenoxy) is 1. The zero-order valence-corrected chi connectivity index (χ0v) is 12.0. The van der Waals surface area contributed by atoms with Crippen molar-refractivity contribution in [1.82, 2.24) is 5.01 Å². The lowest BCUT2D eigenvalue weighted by Crippen LogP contribution is -2.56. The summed E-state index contributed by atoms with van der Waals surface area (Å²) < 4.78 is 44.4. The first-order valence-corrected chi connectivity index (χ1v) is 6.57. The van der Waals surface area contributed by atoms with Crippen molar-refractivity contribution in [1.29, 1.82) is 0 Å². The lowest BCUT2D eigenvalue weighted by Gasteiger charge is -2.32.